The first-order valence-electron chi connectivity index (χ1n) is 7.96. The molecular formula is C17H18BrN3O3S. The molecule has 1 aromatic heterocycles. The Morgan fingerprint density at radius 3 is 2.48 bits per heavy atom. The normalized spacial score (nSPS) is 16.0. The Bertz CT molecular complexity index is 867. The van der Waals surface area contributed by atoms with Gasteiger partial charge < -0.3 is 0 Å². The van der Waals surface area contributed by atoms with Gasteiger partial charge in [0.05, 0.1) is 11.4 Å². The molecule has 8 heteroatoms. The van der Waals surface area contributed by atoms with Crippen molar-refractivity contribution >= 4 is 43.4 Å². The highest BCUT2D eigenvalue weighted by molar-refractivity contribution is 9.10. The topological polar surface area (TPSA) is 70.6 Å². The van der Waals surface area contributed by atoms with E-state index in [9.17, 15) is 13.2 Å². The number of halogens is 1. The number of rotatable bonds is 4. The second-order valence-electron chi connectivity index (χ2n) is 5.67. The third-order valence-electron chi connectivity index (χ3n) is 4.05. The molecule has 2 aromatic rings. The molecular weight excluding hydrogens is 406 g/mol. The van der Waals surface area contributed by atoms with E-state index in [0.29, 0.717) is 36.6 Å². The molecule has 25 heavy (non-hydrogen) atoms. The summed E-state index contributed by atoms with van der Waals surface area (Å²) in [6.07, 6.45) is 2.27. The molecule has 3 rings (SSSR count). The summed E-state index contributed by atoms with van der Waals surface area (Å²) < 4.78 is 26.2. The second kappa shape index (κ2) is 7.13. The number of hydrogen-bond acceptors (Lipinski definition) is 4. The second-order valence-corrected chi connectivity index (χ2v) is 8.60. The minimum Gasteiger partial charge on any atom is -0.293 e. The van der Waals surface area contributed by atoms with E-state index in [1.165, 1.54) is 4.31 Å². The molecule has 0 radical (unpaired) electrons. The molecule has 1 aliphatic rings. The first kappa shape index (κ1) is 17.9. The summed E-state index contributed by atoms with van der Waals surface area (Å²) in [6.45, 7) is 2.85. The van der Waals surface area contributed by atoms with E-state index in [1.54, 1.807) is 41.4 Å². The van der Waals surface area contributed by atoms with Crippen LogP contribution in [0.1, 0.15) is 23.7 Å². The molecule has 0 spiro atoms. The van der Waals surface area contributed by atoms with E-state index in [2.05, 4.69) is 20.9 Å². The van der Waals surface area contributed by atoms with Gasteiger partial charge in [0.1, 0.15) is 5.82 Å². The van der Waals surface area contributed by atoms with E-state index >= 15 is 0 Å². The van der Waals surface area contributed by atoms with Gasteiger partial charge in [-0.2, -0.15) is 0 Å². The number of carbonyl (C=O) groups is 1. The summed E-state index contributed by atoms with van der Waals surface area (Å²) in [5.74, 6) is 0.571. The zero-order chi connectivity index (χ0) is 18.0. The van der Waals surface area contributed by atoms with Crippen LogP contribution in [0.3, 0.4) is 0 Å². The van der Waals surface area contributed by atoms with Crippen LogP contribution in [0.15, 0.2) is 47.1 Å². The highest BCUT2D eigenvalue weighted by Gasteiger charge is 2.28. The van der Waals surface area contributed by atoms with E-state index in [4.69, 9.17) is 0 Å². The lowest BCUT2D eigenvalue weighted by Crippen LogP contribution is -2.31. The van der Waals surface area contributed by atoms with Gasteiger partial charge in [0.2, 0.25) is 10.0 Å². The molecule has 0 atom stereocenters. The van der Waals surface area contributed by atoms with Crippen LogP contribution in [0, 0.1) is 0 Å². The average Bonchev–Trinajstić information content (AvgIpc) is 2.96. The predicted octanol–water partition coefficient (Wildman–Crippen LogP) is 3.05. The van der Waals surface area contributed by atoms with Crippen LogP contribution < -0.4 is 9.21 Å². The molecule has 1 aliphatic heterocycles. The Morgan fingerprint density at radius 2 is 1.96 bits per heavy atom. The molecule has 1 saturated heterocycles. The van der Waals surface area contributed by atoms with Gasteiger partial charge in [-0.05, 0) is 65.7 Å². The van der Waals surface area contributed by atoms with Crippen LogP contribution in [0.5, 0.6) is 0 Å². The van der Waals surface area contributed by atoms with Crippen molar-refractivity contribution in [3.63, 3.8) is 0 Å². The molecule has 0 bridgehead atoms. The highest BCUT2D eigenvalue weighted by Crippen LogP contribution is 2.25. The maximum Gasteiger partial charge on any atom is 0.259 e. The van der Waals surface area contributed by atoms with Crippen LogP contribution in [-0.4, -0.2) is 38.2 Å². The molecule has 0 N–H and O–H groups in total. The molecule has 1 aromatic carbocycles. The zero-order valence-electron chi connectivity index (χ0n) is 13.7. The summed E-state index contributed by atoms with van der Waals surface area (Å²) >= 11 is 3.33. The molecule has 6 nitrogen and oxygen atoms in total. The molecule has 0 saturated carbocycles. The fraction of sp³-hybridized carbons (Fsp3) is 0.294. The minimum absolute atomic E-state index is 0.173. The number of pyridine rings is 1. The largest absolute Gasteiger partial charge is 0.293 e. The minimum atomic E-state index is -3.22. The molecule has 1 amide bonds. The van der Waals surface area contributed by atoms with E-state index in [0.717, 1.165) is 4.47 Å². The number of carbonyl (C=O) groups excluding carboxylic acids is 1. The van der Waals surface area contributed by atoms with Crippen LogP contribution in [-0.2, 0) is 10.0 Å². The SMILES string of the molecule is CCN(C(=O)c1ccc(N2CCCS2(=O)=O)cc1)c1ccc(Br)cn1. The van der Waals surface area contributed by atoms with Gasteiger partial charge in [-0.1, -0.05) is 0 Å². The van der Waals surface area contributed by atoms with Gasteiger partial charge in [0.15, 0.2) is 0 Å². The lowest BCUT2D eigenvalue weighted by molar-refractivity contribution is 0.0987. The lowest BCUT2D eigenvalue weighted by Gasteiger charge is -2.21. The van der Waals surface area contributed by atoms with E-state index in [-0.39, 0.29) is 11.7 Å². The fourth-order valence-electron chi connectivity index (χ4n) is 2.79. The van der Waals surface area contributed by atoms with Crippen molar-refractivity contribution in [2.45, 2.75) is 13.3 Å². The van der Waals surface area contributed by atoms with Gasteiger partial charge in [0, 0.05) is 29.3 Å². The number of hydrogen-bond donors (Lipinski definition) is 0. The Morgan fingerprint density at radius 1 is 1.24 bits per heavy atom. The highest BCUT2D eigenvalue weighted by atomic mass is 79.9. The van der Waals surface area contributed by atoms with Crippen LogP contribution in [0.2, 0.25) is 0 Å². The average molecular weight is 424 g/mol. The number of benzene rings is 1. The first-order valence-corrected chi connectivity index (χ1v) is 10.4. The smallest absolute Gasteiger partial charge is 0.259 e. The van der Waals surface area contributed by atoms with Crippen LogP contribution in [0.4, 0.5) is 11.5 Å². The summed E-state index contributed by atoms with van der Waals surface area (Å²) in [6, 6.07) is 10.3. The molecule has 0 aliphatic carbocycles. The van der Waals surface area contributed by atoms with Crippen molar-refractivity contribution in [2.24, 2.45) is 0 Å². The van der Waals surface area contributed by atoms with Crippen molar-refractivity contribution in [2.75, 3.05) is 28.0 Å². The summed E-state index contributed by atoms with van der Waals surface area (Å²) in [5.41, 5.74) is 1.09. The first-order chi connectivity index (χ1) is 11.9. The van der Waals surface area contributed by atoms with Crippen LogP contribution in [0.25, 0.3) is 0 Å². The van der Waals surface area contributed by atoms with Gasteiger partial charge in [-0.15, -0.1) is 0 Å². The Hall–Kier alpha value is -1.93. The number of anilines is 2. The number of amides is 1. The summed E-state index contributed by atoms with van der Waals surface area (Å²) in [5, 5.41) is 0. The fourth-order valence-corrected chi connectivity index (χ4v) is 4.59. The van der Waals surface area contributed by atoms with Crippen molar-refractivity contribution in [1.29, 1.82) is 0 Å². The van der Waals surface area contributed by atoms with Crippen LogP contribution >= 0.6 is 15.9 Å². The third-order valence-corrected chi connectivity index (χ3v) is 6.39. The van der Waals surface area contributed by atoms with Crippen molar-refractivity contribution in [1.82, 2.24) is 4.98 Å². The zero-order valence-corrected chi connectivity index (χ0v) is 16.1. The molecule has 1 fully saturated rings. The van der Waals surface area contributed by atoms with Crippen molar-refractivity contribution in [3.8, 4) is 0 Å². The van der Waals surface area contributed by atoms with Gasteiger partial charge in [0.25, 0.3) is 5.91 Å². The third kappa shape index (κ3) is 3.69. The maximum atomic E-state index is 12.8. The monoisotopic (exact) mass is 423 g/mol. The standard InChI is InChI=1S/C17H18BrN3O3S/c1-2-20(16-9-6-14(18)12-19-16)17(22)13-4-7-15(8-5-13)21-10-3-11-25(21,23)24/h4-9,12H,2-3,10-11H2,1H3. The Labute approximate surface area is 155 Å². The number of aromatic nitrogens is 1. The van der Waals surface area contributed by atoms with Crippen molar-refractivity contribution < 1.29 is 13.2 Å². The number of sulfonamides is 1. The molecule has 0 unspecified atom stereocenters. The quantitative estimate of drug-likeness (QED) is 0.757. The number of nitrogens with zero attached hydrogens (tertiary/aromatic N) is 3. The molecule has 2 heterocycles. The maximum absolute atomic E-state index is 12.8. The van der Waals surface area contributed by atoms with E-state index < -0.39 is 10.0 Å². The van der Waals surface area contributed by atoms with Crippen molar-refractivity contribution in [3.05, 3.63) is 52.6 Å². The van der Waals surface area contributed by atoms with Gasteiger partial charge in [-0.25, -0.2) is 13.4 Å². The lowest BCUT2D eigenvalue weighted by atomic mass is 10.1. The Balaban J connectivity index is 1.83. The summed E-state index contributed by atoms with van der Waals surface area (Å²) in [4.78, 5) is 18.6. The van der Waals surface area contributed by atoms with Gasteiger partial charge >= 0.3 is 0 Å². The van der Waals surface area contributed by atoms with E-state index in [1.807, 2.05) is 13.0 Å². The predicted molar refractivity (Wildman–Crippen MR) is 101 cm³/mol. The molecule has 132 valence electrons. The Kier molecular flexibility index (Phi) is 5.10. The van der Waals surface area contributed by atoms with Gasteiger partial charge in [-0.3, -0.25) is 14.0 Å². The summed E-state index contributed by atoms with van der Waals surface area (Å²) in [7, 11) is -3.22.